The Morgan fingerprint density at radius 3 is 2.00 bits per heavy atom. The van der Waals surface area contributed by atoms with Crippen LogP contribution in [0, 0.1) is 5.92 Å². The Morgan fingerprint density at radius 2 is 1.33 bits per heavy atom. The Balaban J connectivity index is 1.81. The van der Waals surface area contributed by atoms with E-state index in [0.29, 0.717) is 12.8 Å². The zero-order valence-corrected chi connectivity index (χ0v) is 18.4. The van der Waals surface area contributed by atoms with Crippen LogP contribution in [0.3, 0.4) is 0 Å². The molecule has 4 aromatic carbocycles. The number of hydrogen-bond acceptors (Lipinski definition) is 3. The van der Waals surface area contributed by atoms with Gasteiger partial charge >= 0.3 is 5.97 Å². The zero-order valence-electron chi connectivity index (χ0n) is 18.4. The van der Waals surface area contributed by atoms with E-state index in [1.165, 1.54) is 40.3 Å². The molecule has 6 rings (SSSR count). The quantitative estimate of drug-likeness (QED) is 0.239. The standard InChI is InChI=1S/C30H23NO2/c1-33-30(32)21-16-23-24(17-21)28(20-12-6-3-7-13-20)29-22-14-8-9-15-26(22)31-18-25(29)27(23)19-10-4-2-5-11-19/h2-15,18,21H,16-17H2,1H3. The molecule has 3 heteroatoms. The van der Waals surface area contributed by atoms with Gasteiger partial charge in [0.05, 0.1) is 18.5 Å². The zero-order chi connectivity index (χ0) is 22.4. The van der Waals surface area contributed by atoms with Gasteiger partial charge in [-0.2, -0.15) is 0 Å². The van der Waals surface area contributed by atoms with Crippen molar-refractivity contribution in [2.45, 2.75) is 12.8 Å². The van der Waals surface area contributed by atoms with Crippen molar-refractivity contribution in [3.63, 3.8) is 0 Å². The summed E-state index contributed by atoms with van der Waals surface area (Å²) in [5.74, 6) is -0.317. The first-order valence-corrected chi connectivity index (χ1v) is 11.3. The third-order valence-corrected chi connectivity index (χ3v) is 6.82. The van der Waals surface area contributed by atoms with Crippen molar-refractivity contribution in [2.24, 2.45) is 5.92 Å². The summed E-state index contributed by atoms with van der Waals surface area (Å²) in [5, 5.41) is 3.47. The second kappa shape index (κ2) is 7.86. The van der Waals surface area contributed by atoms with Crippen LogP contribution in [0.4, 0.5) is 0 Å². The second-order valence-electron chi connectivity index (χ2n) is 8.63. The summed E-state index contributed by atoms with van der Waals surface area (Å²) in [6.07, 6.45) is 3.37. The number of ether oxygens (including phenoxy) is 1. The number of methoxy groups -OCH3 is 1. The fourth-order valence-electron chi connectivity index (χ4n) is 5.42. The highest BCUT2D eigenvalue weighted by molar-refractivity contribution is 6.18. The fraction of sp³-hybridized carbons (Fsp3) is 0.133. The van der Waals surface area contributed by atoms with E-state index in [9.17, 15) is 4.79 Å². The van der Waals surface area contributed by atoms with E-state index in [4.69, 9.17) is 9.72 Å². The number of benzene rings is 4. The molecule has 0 spiro atoms. The molecule has 1 heterocycles. The number of aromatic nitrogens is 1. The lowest BCUT2D eigenvalue weighted by Crippen LogP contribution is -2.16. The normalized spacial score (nSPS) is 15.0. The number of rotatable bonds is 3. The molecule has 1 unspecified atom stereocenters. The minimum absolute atomic E-state index is 0.142. The van der Waals surface area contributed by atoms with E-state index in [0.717, 1.165) is 21.9 Å². The van der Waals surface area contributed by atoms with Crippen LogP contribution < -0.4 is 0 Å². The van der Waals surface area contributed by atoms with Gasteiger partial charge in [-0.25, -0.2) is 0 Å². The van der Waals surface area contributed by atoms with Crippen LogP contribution in [-0.2, 0) is 22.4 Å². The maximum absolute atomic E-state index is 12.6. The summed E-state index contributed by atoms with van der Waals surface area (Å²) >= 11 is 0. The van der Waals surface area contributed by atoms with E-state index < -0.39 is 0 Å². The highest BCUT2D eigenvalue weighted by Gasteiger charge is 2.34. The van der Waals surface area contributed by atoms with E-state index in [2.05, 4.69) is 66.7 Å². The summed E-state index contributed by atoms with van der Waals surface area (Å²) in [4.78, 5) is 17.5. The van der Waals surface area contributed by atoms with Gasteiger partial charge < -0.3 is 4.74 Å². The van der Waals surface area contributed by atoms with Gasteiger partial charge in [0.1, 0.15) is 0 Å². The Morgan fingerprint density at radius 1 is 0.758 bits per heavy atom. The van der Waals surface area contributed by atoms with Crippen molar-refractivity contribution in [3.8, 4) is 22.3 Å². The lowest BCUT2D eigenvalue weighted by Gasteiger charge is -2.20. The minimum Gasteiger partial charge on any atom is -0.469 e. The number of pyridine rings is 1. The number of fused-ring (bicyclic) bond motifs is 4. The van der Waals surface area contributed by atoms with Crippen molar-refractivity contribution in [1.29, 1.82) is 0 Å². The van der Waals surface area contributed by atoms with Gasteiger partial charge in [0, 0.05) is 22.4 Å². The number of nitrogens with zero attached hydrogens (tertiary/aromatic N) is 1. The molecular weight excluding hydrogens is 406 g/mol. The molecule has 0 N–H and O–H groups in total. The molecule has 0 saturated heterocycles. The SMILES string of the molecule is COC(=O)C1Cc2c(c(-c3ccccc3)c3c(cnc4ccccc43)c2-c2ccccc2)C1. The molecule has 1 aliphatic rings. The predicted molar refractivity (Wildman–Crippen MR) is 133 cm³/mol. The van der Waals surface area contributed by atoms with Crippen LogP contribution in [0.5, 0.6) is 0 Å². The van der Waals surface area contributed by atoms with Crippen molar-refractivity contribution in [1.82, 2.24) is 4.98 Å². The molecule has 1 aromatic heterocycles. The number of para-hydroxylation sites is 1. The molecule has 0 fully saturated rings. The molecule has 0 bridgehead atoms. The molecular formula is C30H23NO2. The van der Waals surface area contributed by atoms with Gasteiger partial charge in [-0.1, -0.05) is 78.9 Å². The van der Waals surface area contributed by atoms with Gasteiger partial charge in [-0.05, 0) is 52.3 Å². The highest BCUT2D eigenvalue weighted by Crippen LogP contribution is 2.48. The molecule has 5 aromatic rings. The maximum atomic E-state index is 12.6. The van der Waals surface area contributed by atoms with Gasteiger partial charge in [0.25, 0.3) is 0 Å². The van der Waals surface area contributed by atoms with E-state index in [1.807, 2.05) is 24.4 Å². The van der Waals surface area contributed by atoms with Crippen LogP contribution in [-0.4, -0.2) is 18.1 Å². The van der Waals surface area contributed by atoms with Crippen LogP contribution in [0.15, 0.2) is 91.1 Å². The maximum Gasteiger partial charge on any atom is 0.309 e. The average molecular weight is 430 g/mol. The fourth-order valence-corrected chi connectivity index (χ4v) is 5.42. The lowest BCUT2D eigenvalue weighted by molar-refractivity contribution is -0.145. The van der Waals surface area contributed by atoms with Gasteiger partial charge in [0.2, 0.25) is 0 Å². The molecule has 3 nitrogen and oxygen atoms in total. The van der Waals surface area contributed by atoms with Gasteiger partial charge in [-0.3, -0.25) is 9.78 Å². The summed E-state index contributed by atoms with van der Waals surface area (Å²) in [6.45, 7) is 0. The Hall–Kier alpha value is -3.98. The highest BCUT2D eigenvalue weighted by atomic mass is 16.5. The summed E-state index contributed by atoms with van der Waals surface area (Å²) in [6, 6.07) is 29.3. The third-order valence-electron chi connectivity index (χ3n) is 6.82. The largest absolute Gasteiger partial charge is 0.469 e. The Bertz CT molecular complexity index is 1510. The van der Waals surface area contributed by atoms with E-state index in [1.54, 1.807) is 0 Å². The Labute approximate surface area is 192 Å². The second-order valence-corrected chi connectivity index (χ2v) is 8.63. The predicted octanol–water partition coefficient (Wildman–Crippen LogP) is 6.61. The third kappa shape index (κ3) is 3.12. The number of carbonyl (C=O) groups is 1. The van der Waals surface area contributed by atoms with Crippen LogP contribution >= 0.6 is 0 Å². The minimum atomic E-state index is -0.175. The monoisotopic (exact) mass is 429 g/mol. The van der Waals surface area contributed by atoms with Crippen LogP contribution in [0.1, 0.15) is 11.1 Å². The molecule has 1 aliphatic carbocycles. The topological polar surface area (TPSA) is 39.2 Å². The van der Waals surface area contributed by atoms with Crippen LogP contribution in [0.2, 0.25) is 0 Å². The molecule has 0 radical (unpaired) electrons. The van der Waals surface area contributed by atoms with Crippen molar-refractivity contribution in [3.05, 3.63) is 102 Å². The lowest BCUT2D eigenvalue weighted by atomic mass is 9.84. The molecule has 0 saturated carbocycles. The number of hydrogen-bond donors (Lipinski definition) is 0. The van der Waals surface area contributed by atoms with E-state index >= 15 is 0 Å². The van der Waals surface area contributed by atoms with Crippen LogP contribution in [0.25, 0.3) is 43.9 Å². The number of esters is 1. The van der Waals surface area contributed by atoms with Crippen molar-refractivity contribution < 1.29 is 9.53 Å². The van der Waals surface area contributed by atoms with Crippen molar-refractivity contribution in [2.75, 3.05) is 7.11 Å². The summed E-state index contributed by atoms with van der Waals surface area (Å²) in [7, 11) is 1.48. The first-order valence-electron chi connectivity index (χ1n) is 11.3. The Kier molecular flexibility index (Phi) is 4.69. The smallest absolute Gasteiger partial charge is 0.309 e. The van der Waals surface area contributed by atoms with E-state index in [-0.39, 0.29) is 11.9 Å². The van der Waals surface area contributed by atoms with Gasteiger partial charge in [0.15, 0.2) is 0 Å². The molecule has 33 heavy (non-hydrogen) atoms. The molecule has 160 valence electrons. The summed E-state index contributed by atoms with van der Waals surface area (Å²) in [5.41, 5.74) is 8.18. The first kappa shape index (κ1) is 19.7. The molecule has 0 amide bonds. The van der Waals surface area contributed by atoms with Crippen molar-refractivity contribution >= 4 is 27.6 Å². The first-order chi connectivity index (χ1) is 16.3. The summed E-state index contributed by atoms with van der Waals surface area (Å²) < 4.78 is 5.17. The number of carbonyl (C=O) groups excluding carboxylic acids is 1. The molecule has 1 atom stereocenters. The average Bonchev–Trinajstić information content (AvgIpc) is 3.32. The molecule has 0 aliphatic heterocycles. The van der Waals surface area contributed by atoms with Gasteiger partial charge in [-0.15, -0.1) is 0 Å².